The van der Waals surface area contributed by atoms with Crippen LogP contribution in [0, 0.1) is 11.3 Å². The number of benzene rings is 1. The molecule has 0 spiro atoms. The van der Waals surface area contributed by atoms with Gasteiger partial charge >= 0.3 is 0 Å². The van der Waals surface area contributed by atoms with Crippen LogP contribution in [0.25, 0.3) is 0 Å². The van der Waals surface area contributed by atoms with Crippen molar-refractivity contribution in [2.45, 2.75) is 25.8 Å². The van der Waals surface area contributed by atoms with Crippen molar-refractivity contribution in [3.8, 4) is 11.8 Å². The van der Waals surface area contributed by atoms with Gasteiger partial charge in [0.25, 0.3) is 0 Å². The van der Waals surface area contributed by atoms with Crippen LogP contribution in [-0.4, -0.2) is 18.6 Å². The summed E-state index contributed by atoms with van der Waals surface area (Å²) >= 11 is 0. The van der Waals surface area contributed by atoms with Crippen molar-refractivity contribution >= 4 is 11.6 Å². The highest BCUT2D eigenvalue weighted by molar-refractivity contribution is 5.98. The molecule has 0 aliphatic carbocycles. The molecule has 0 saturated heterocycles. The fourth-order valence-electron chi connectivity index (χ4n) is 1.29. The first-order valence-electron chi connectivity index (χ1n) is 5.63. The minimum absolute atomic E-state index is 0.284. The molecule has 96 valence electrons. The minimum atomic E-state index is -0.932. The van der Waals surface area contributed by atoms with Gasteiger partial charge in [-0.3, -0.25) is 4.79 Å². The maximum atomic E-state index is 11.9. The fourth-order valence-corrected chi connectivity index (χ4v) is 1.29. The quantitative estimate of drug-likeness (QED) is 0.846. The monoisotopic (exact) mass is 247 g/mol. The third kappa shape index (κ3) is 2.99. The fraction of sp³-hybridized carbons (Fsp3) is 0.385. The van der Waals surface area contributed by atoms with Crippen molar-refractivity contribution in [2.75, 3.05) is 12.4 Å². The molecule has 0 aromatic heterocycles. The van der Waals surface area contributed by atoms with Crippen LogP contribution in [0.3, 0.4) is 0 Å². The average molecular weight is 247 g/mol. The smallest absolute Gasteiger partial charge is 0.244 e. The summed E-state index contributed by atoms with van der Waals surface area (Å²) in [6, 6.07) is 6.81. The molecule has 0 aliphatic heterocycles. The zero-order valence-electron chi connectivity index (χ0n) is 10.8. The molecule has 0 bridgehead atoms. The number of anilines is 1. The van der Waals surface area contributed by atoms with Crippen LogP contribution in [0.4, 0.5) is 5.69 Å². The van der Waals surface area contributed by atoms with Crippen molar-refractivity contribution in [1.29, 1.82) is 5.26 Å². The number of nitrogens with two attached hydrogens (primary N) is 1. The minimum Gasteiger partial charge on any atom is -0.495 e. The first kappa shape index (κ1) is 14.0. The number of hydrogen-bond acceptors (Lipinski definition) is 4. The Morgan fingerprint density at radius 2 is 2.28 bits per heavy atom. The highest BCUT2D eigenvalue weighted by Crippen LogP contribution is 2.26. The Morgan fingerprint density at radius 1 is 1.61 bits per heavy atom. The molecule has 0 aliphatic rings. The molecule has 0 saturated carbocycles. The van der Waals surface area contributed by atoms with Gasteiger partial charge in [-0.05, 0) is 25.5 Å². The Bertz CT molecular complexity index is 489. The van der Waals surface area contributed by atoms with E-state index in [1.54, 1.807) is 25.1 Å². The molecular formula is C13H17N3O2. The van der Waals surface area contributed by atoms with Gasteiger partial charge in [-0.1, -0.05) is 6.92 Å². The molecule has 0 heterocycles. The second-order valence-corrected chi connectivity index (χ2v) is 4.25. The third-order valence-corrected chi connectivity index (χ3v) is 2.83. The number of amides is 1. The number of hydrogen-bond donors (Lipinski definition) is 2. The van der Waals surface area contributed by atoms with Gasteiger partial charge in [0, 0.05) is 6.07 Å². The molecule has 1 unspecified atom stereocenters. The van der Waals surface area contributed by atoms with Crippen LogP contribution < -0.4 is 15.8 Å². The number of carbonyl (C=O) groups excluding carboxylic acids is 1. The summed E-state index contributed by atoms with van der Waals surface area (Å²) in [7, 11) is 1.48. The lowest BCUT2D eigenvalue weighted by molar-refractivity contribution is -0.120. The molecule has 1 aromatic carbocycles. The first-order valence-corrected chi connectivity index (χ1v) is 5.63. The Balaban J connectivity index is 2.99. The van der Waals surface area contributed by atoms with Gasteiger partial charge in [0.1, 0.15) is 5.75 Å². The maximum absolute atomic E-state index is 11.9. The van der Waals surface area contributed by atoms with Crippen LogP contribution in [-0.2, 0) is 4.79 Å². The highest BCUT2D eigenvalue weighted by Gasteiger charge is 2.26. The molecule has 1 aromatic rings. The lowest BCUT2D eigenvalue weighted by Crippen LogP contribution is -2.47. The summed E-state index contributed by atoms with van der Waals surface area (Å²) in [5.74, 6) is 0.155. The van der Waals surface area contributed by atoms with Gasteiger partial charge in [0.05, 0.1) is 30.0 Å². The van der Waals surface area contributed by atoms with E-state index in [0.717, 1.165) is 0 Å². The van der Waals surface area contributed by atoms with E-state index in [1.165, 1.54) is 7.11 Å². The van der Waals surface area contributed by atoms with E-state index < -0.39 is 5.54 Å². The Morgan fingerprint density at radius 3 is 2.78 bits per heavy atom. The number of nitrogens with one attached hydrogen (secondary N) is 1. The predicted molar refractivity (Wildman–Crippen MR) is 69.2 cm³/mol. The van der Waals surface area contributed by atoms with Crippen molar-refractivity contribution in [2.24, 2.45) is 5.73 Å². The van der Waals surface area contributed by atoms with Gasteiger partial charge < -0.3 is 15.8 Å². The number of nitriles is 1. The maximum Gasteiger partial charge on any atom is 0.244 e. The molecule has 0 fully saturated rings. The van der Waals surface area contributed by atoms with E-state index in [2.05, 4.69) is 5.32 Å². The summed E-state index contributed by atoms with van der Waals surface area (Å²) in [6.45, 7) is 3.51. The second kappa shape index (κ2) is 5.52. The van der Waals surface area contributed by atoms with Gasteiger partial charge in [-0.15, -0.1) is 0 Å². The van der Waals surface area contributed by atoms with E-state index in [4.69, 9.17) is 15.7 Å². The van der Waals surface area contributed by atoms with Crippen LogP contribution >= 0.6 is 0 Å². The molecular weight excluding hydrogens is 230 g/mol. The number of nitrogens with zero attached hydrogens (tertiary/aromatic N) is 1. The van der Waals surface area contributed by atoms with E-state index in [9.17, 15) is 4.79 Å². The van der Waals surface area contributed by atoms with E-state index in [1.807, 2.05) is 13.0 Å². The summed E-state index contributed by atoms with van der Waals surface area (Å²) < 4.78 is 5.13. The molecule has 0 radical (unpaired) electrons. The topological polar surface area (TPSA) is 88.1 Å². The number of ether oxygens (including phenoxy) is 1. The van der Waals surface area contributed by atoms with E-state index in [0.29, 0.717) is 23.4 Å². The average Bonchev–Trinajstić information content (AvgIpc) is 2.38. The summed E-state index contributed by atoms with van der Waals surface area (Å²) in [6.07, 6.45) is 0.525. The summed E-state index contributed by atoms with van der Waals surface area (Å²) in [5, 5.41) is 11.5. The number of rotatable bonds is 4. The molecule has 5 heteroatoms. The third-order valence-electron chi connectivity index (χ3n) is 2.83. The lowest BCUT2D eigenvalue weighted by atomic mass is 9.99. The van der Waals surface area contributed by atoms with Crippen molar-refractivity contribution in [3.05, 3.63) is 23.8 Å². The lowest BCUT2D eigenvalue weighted by Gasteiger charge is -2.22. The zero-order chi connectivity index (χ0) is 13.8. The zero-order valence-corrected chi connectivity index (χ0v) is 10.8. The van der Waals surface area contributed by atoms with Crippen molar-refractivity contribution in [3.63, 3.8) is 0 Å². The van der Waals surface area contributed by atoms with Gasteiger partial charge in [-0.2, -0.15) is 5.26 Å². The van der Waals surface area contributed by atoms with Crippen LogP contribution in [0.5, 0.6) is 5.75 Å². The summed E-state index contributed by atoms with van der Waals surface area (Å²) in [4.78, 5) is 11.9. The standard InChI is InChI=1S/C13H17N3O2/c1-4-13(2,15)12(17)16-10-6-5-9(8-14)7-11(10)18-3/h5-7H,4,15H2,1-3H3,(H,16,17). The Labute approximate surface area is 107 Å². The highest BCUT2D eigenvalue weighted by atomic mass is 16.5. The molecule has 1 rings (SSSR count). The number of carbonyl (C=O) groups is 1. The van der Waals surface area contributed by atoms with Gasteiger partial charge in [0.2, 0.25) is 5.91 Å². The van der Waals surface area contributed by atoms with Crippen LogP contribution in [0.2, 0.25) is 0 Å². The van der Waals surface area contributed by atoms with Crippen molar-refractivity contribution < 1.29 is 9.53 Å². The van der Waals surface area contributed by atoms with Crippen molar-refractivity contribution in [1.82, 2.24) is 0 Å². The normalized spacial score (nSPS) is 13.3. The molecule has 3 N–H and O–H groups in total. The Hall–Kier alpha value is -2.06. The van der Waals surface area contributed by atoms with E-state index >= 15 is 0 Å². The van der Waals surface area contributed by atoms with Gasteiger partial charge in [-0.25, -0.2) is 0 Å². The predicted octanol–water partition coefficient (Wildman–Crippen LogP) is 1.63. The summed E-state index contributed by atoms with van der Waals surface area (Å²) in [5.41, 5.74) is 5.89. The van der Waals surface area contributed by atoms with Crippen LogP contribution in [0.1, 0.15) is 25.8 Å². The second-order valence-electron chi connectivity index (χ2n) is 4.25. The van der Waals surface area contributed by atoms with E-state index in [-0.39, 0.29) is 5.91 Å². The largest absolute Gasteiger partial charge is 0.495 e. The molecule has 1 amide bonds. The molecule has 18 heavy (non-hydrogen) atoms. The molecule has 5 nitrogen and oxygen atoms in total. The number of methoxy groups -OCH3 is 1. The van der Waals surface area contributed by atoms with Gasteiger partial charge in [0.15, 0.2) is 0 Å². The first-order chi connectivity index (χ1) is 8.44. The Kier molecular flexibility index (Phi) is 4.29. The van der Waals surface area contributed by atoms with Crippen LogP contribution in [0.15, 0.2) is 18.2 Å². The molecule has 1 atom stereocenters. The SMILES string of the molecule is CCC(C)(N)C(=O)Nc1ccc(C#N)cc1OC.